The molecular weight excluding hydrogens is 463 g/mol. The van der Waals surface area contributed by atoms with Gasteiger partial charge in [-0.05, 0) is 37.1 Å². The van der Waals surface area contributed by atoms with Gasteiger partial charge in [-0.1, -0.05) is 23.7 Å². The lowest BCUT2D eigenvalue weighted by Crippen LogP contribution is -2.37. The first kappa shape index (κ1) is 20.4. The van der Waals surface area contributed by atoms with Crippen LogP contribution in [0.15, 0.2) is 47.7 Å². The number of rotatable bonds is 5. The summed E-state index contributed by atoms with van der Waals surface area (Å²) < 4.78 is 2.08. The summed E-state index contributed by atoms with van der Waals surface area (Å²) in [6, 6.07) is 9.87. The van der Waals surface area contributed by atoms with E-state index in [4.69, 9.17) is 11.6 Å². The molecule has 6 nitrogen and oxygen atoms in total. The van der Waals surface area contributed by atoms with E-state index in [1.54, 1.807) is 19.3 Å². The number of hydrogen-bond donors (Lipinski definition) is 2. The molecule has 0 atom stereocenters. The van der Waals surface area contributed by atoms with E-state index in [0.717, 1.165) is 41.5 Å². The monoisotopic (exact) mass is 484 g/mol. The van der Waals surface area contributed by atoms with Crippen molar-refractivity contribution in [3.63, 3.8) is 0 Å². The molecule has 0 unspecified atom stereocenters. The van der Waals surface area contributed by atoms with E-state index in [0.29, 0.717) is 11.7 Å². The summed E-state index contributed by atoms with van der Waals surface area (Å²) in [6.45, 7) is 3.44. The fourth-order valence-electron chi connectivity index (χ4n) is 2.56. The maximum Gasteiger partial charge on any atom is 0.191 e. The van der Waals surface area contributed by atoms with Crippen LogP contribution in [0.25, 0.3) is 5.65 Å². The first-order valence-electron chi connectivity index (χ1n) is 8.14. The average Bonchev–Trinajstić information content (AvgIpc) is 3.04. The molecule has 0 saturated heterocycles. The van der Waals surface area contributed by atoms with Gasteiger partial charge < -0.3 is 15.0 Å². The molecule has 3 heterocycles. The number of hydrogen-bond acceptors (Lipinski definition) is 3. The van der Waals surface area contributed by atoms with Crippen LogP contribution in [0, 0.1) is 6.92 Å². The zero-order chi connectivity index (χ0) is 17.6. The molecule has 0 spiro atoms. The Labute approximate surface area is 175 Å². The lowest BCUT2D eigenvalue weighted by molar-refractivity contribution is 0.785. The molecule has 3 aromatic heterocycles. The predicted molar refractivity (Wildman–Crippen MR) is 116 cm³/mol. The summed E-state index contributed by atoms with van der Waals surface area (Å²) in [5, 5.41) is 7.09. The van der Waals surface area contributed by atoms with Gasteiger partial charge in [0.15, 0.2) is 5.96 Å². The molecule has 0 aromatic carbocycles. The van der Waals surface area contributed by atoms with E-state index < -0.39 is 0 Å². The van der Waals surface area contributed by atoms with Crippen LogP contribution in [-0.2, 0) is 13.0 Å². The van der Waals surface area contributed by atoms with Crippen LogP contribution >= 0.6 is 35.6 Å². The van der Waals surface area contributed by atoms with Crippen LogP contribution in [0.3, 0.4) is 0 Å². The Morgan fingerprint density at radius 3 is 2.77 bits per heavy atom. The maximum atomic E-state index is 5.79. The van der Waals surface area contributed by atoms with E-state index in [2.05, 4.69) is 43.0 Å². The van der Waals surface area contributed by atoms with E-state index in [1.165, 1.54) is 0 Å². The molecule has 3 aromatic rings. The molecule has 0 saturated carbocycles. The minimum atomic E-state index is 0. The Kier molecular flexibility index (Phi) is 7.65. The number of aliphatic imine (C=N–C) groups is 1. The molecule has 0 amide bonds. The molecule has 3 rings (SSSR count). The standard InChI is InChI=1S/C18H21ClN6.HI/c1-13-4-3-5-17-24-15(12-25(13)17)11-23-18(20-2)21-9-8-14-6-7-16(19)22-10-14;/h3-7,10,12H,8-9,11H2,1-2H3,(H2,20,21,23);1H. The summed E-state index contributed by atoms with van der Waals surface area (Å²) >= 11 is 5.79. The Hall–Kier alpha value is -1.87. The number of fused-ring (bicyclic) bond motifs is 1. The number of nitrogens with zero attached hydrogens (tertiary/aromatic N) is 4. The van der Waals surface area contributed by atoms with Crippen molar-refractivity contribution < 1.29 is 0 Å². The highest BCUT2D eigenvalue weighted by Gasteiger charge is 2.04. The third-order valence-corrected chi connectivity index (χ3v) is 4.12. The van der Waals surface area contributed by atoms with Crippen LogP contribution in [-0.4, -0.2) is 33.9 Å². The van der Waals surface area contributed by atoms with Gasteiger partial charge >= 0.3 is 0 Å². The van der Waals surface area contributed by atoms with E-state index in [-0.39, 0.29) is 24.0 Å². The van der Waals surface area contributed by atoms with Gasteiger partial charge in [0, 0.05) is 31.7 Å². The van der Waals surface area contributed by atoms with Gasteiger partial charge in [0.2, 0.25) is 0 Å². The number of pyridine rings is 2. The van der Waals surface area contributed by atoms with Crippen molar-refractivity contribution in [2.75, 3.05) is 13.6 Å². The van der Waals surface area contributed by atoms with Crippen LogP contribution in [0.4, 0.5) is 0 Å². The van der Waals surface area contributed by atoms with Gasteiger partial charge in [-0.15, -0.1) is 24.0 Å². The highest BCUT2D eigenvalue weighted by molar-refractivity contribution is 14.0. The van der Waals surface area contributed by atoms with Crippen molar-refractivity contribution in [1.29, 1.82) is 0 Å². The molecule has 0 fully saturated rings. The topological polar surface area (TPSA) is 66.6 Å². The Morgan fingerprint density at radius 2 is 2.08 bits per heavy atom. The van der Waals surface area contributed by atoms with Crippen LogP contribution in [0.5, 0.6) is 0 Å². The first-order chi connectivity index (χ1) is 12.2. The Morgan fingerprint density at radius 1 is 1.23 bits per heavy atom. The molecule has 0 bridgehead atoms. The maximum absolute atomic E-state index is 5.79. The van der Waals surface area contributed by atoms with Crippen molar-refractivity contribution in [2.45, 2.75) is 19.9 Å². The van der Waals surface area contributed by atoms with Crippen molar-refractivity contribution >= 4 is 47.2 Å². The molecule has 0 radical (unpaired) electrons. The Bertz CT molecular complexity index is 875. The first-order valence-corrected chi connectivity index (χ1v) is 8.52. The second-order valence-corrected chi connectivity index (χ2v) is 6.11. The zero-order valence-corrected chi connectivity index (χ0v) is 17.8. The second-order valence-electron chi connectivity index (χ2n) is 5.72. The van der Waals surface area contributed by atoms with Gasteiger partial charge in [-0.2, -0.15) is 0 Å². The molecular formula is C18H22ClIN6. The molecule has 138 valence electrons. The summed E-state index contributed by atoms with van der Waals surface area (Å²) in [5.74, 6) is 0.746. The number of imidazole rings is 1. The lowest BCUT2D eigenvalue weighted by Gasteiger charge is -2.10. The Balaban J connectivity index is 0.00000243. The number of nitrogens with one attached hydrogen (secondary N) is 2. The fourth-order valence-corrected chi connectivity index (χ4v) is 2.67. The zero-order valence-electron chi connectivity index (χ0n) is 14.7. The van der Waals surface area contributed by atoms with Gasteiger partial charge in [0.1, 0.15) is 10.8 Å². The fraction of sp³-hybridized carbons (Fsp3) is 0.278. The summed E-state index contributed by atoms with van der Waals surface area (Å²) in [6.07, 6.45) is 4.68. The minimum absolute atomic E-state index is 0. The molecule has 0 aliphatic heterocycles. The average molecular weight is 485 g/mol. The summed E-state index contributed by atoms with van der Waals surface area (Å²) in [4.78, 5) is 12.9. The number of aromatic nitrogens is 3. The SMILES string of the molecule is CN=C(NCCc1ccc(Cl)nc1)NCc1cn2c(C)cccc2n1.I. The summed E-state index contributed by atoms with van der Waals surface area (Å²) in [5.41, 5.74) is 4.22. The third kappa shape index (κ3) is 5.31. The largest absolute Gasteiger partial charge is 0.356 e. The van der Waals surface area contributed by atoms with E-state index >= 15 is 0 Å². The lowest BCUT2D eigenvalue weighted by atomic mass is 10.2. The normalized spacial score (nSPS) is 11.3. The summed E-state index contributed by atoms with van der Waals surface area (Å²) in [7, 11) is 1.76. The van der Waals surface area contributed by atoms with E-state index in [1.807, 2.05) is 24.4 Å². The van der Waals surface area contributed by atoms with Crippen LogP contribution < -0.4 is 10.6 Å². The van der Waals surface area contributed by atoms with E-state index in [9.17, 15) is 0 Å². The van der Waals surface area contributed by atoms with Crippen molar-refractivity contribution in [3.8, 4) is 0 Å². The quantitative estimate of drug-likeness (QED) is 0.253. The van der Waals surface area contributed by atoms with Gasteiger partial charge in [-0.25, -0.2) is 9.97 Å². The minimum Gasteiger partial charge on any atom is -0.356 e. The van der Waals surface area contributed by atoms with Crippen molar-refractivity contribution in [1.82, 2.24) is 25.0 Å². The highest BCUT2D eigenvalue weighted by Crippen LogP contribution is 2.08. The third-order valence-electron chi connectivity index (χ3n) is 3.90. The predicted octanol–water partition coefficient (Wildman–Crippen LogP) is 3.22. The smallest absolute Gasteiger partial charge is 0.191 e. The molecule has 8 heteroatoms. The van der Waals surface area contributed by atoms with Gasteiger partial charge in [0.25, 0.3) is 0 Å². The second kappa shape index (κ2) is 9.72. The highest BCUT2D eigenvalue weighted by atomic mass is 127. The molecule has 0 aliphatic rings. The van der Waals surface area contributed by atoms with Crippen LogP contribution in [0.1, 0.15) is 17.0 Å². The number of aryl methyl sites for hydroxylation is 1. The van der Waals surface area contributed by atoms with Crippen molar-refractivity contribution in [3.05, 3.63) is 64.8 Å². The van der Waals surface area contributed by atoms with Crippen LogP contribution in [0.2, 0.25) is 5.15 Å². The molecule has 0 aliphatic carbocycles. The van der Waals surface area contributed by atoms with Gasteiger partial charge in [-0.3, -0.25) is 4.99 Å². The number of halogens is 2. The van der Waals surface area contributed by atoms with Crippen molar-refractivity contribution in [2.24, 2.45) is 4.99 Å². The molecule has 26 heavy (non-hydrogen) atoms. The molecule has 2 N–H and O–H groups in total. The van der Waals surface area contributed by atoms with Gasteiger partial charge in [0.05, 0.1) is 12.2 Å². The number of guanidine groups is 1.